The van der Waals surface area contributed by atoms with Crippen molar-refractivity contribution in [2.45, 2.75) is 40.5 Å². The first kappa shape index (κ1) is 12.5. The van der Waals surface area contributed by atoms with Gasteiger partial charge in [-0.2, -0.15) is 0 Å². The first-order valence-electron chi connectivity index (χ1n) is 5.23. The number of hydrogen-bond acceptors (Lipinski definition) is 1. The molecule has 0 saturated heterocycles. The molecular formula is C11H23NO. The summed E-state index contributed by atoms with van der Waals surface area (Å²) in [7, 11) is 1.89. The SMILES string of the molecule is CCC(=O)N(C)CCC(C)C(C)C. The van der Waals surface area contributed by atoms with E-state index < -0.39 is 0 Å². The molecule has 0 aromatic rings. The van der Waals surface area contributed by atoms with Crippen molar-refractivity contribution in [2.24, 2.45) is 11.8 Å². The van der Waals surface area contributed by atoms with Gasteiger partial charge in [0, 0.05) is 20.0 Å². The molecule has 13 heavy (non-hydrogen) atoms. The van der Waals surface area contributed by atoms with E-state index in [1.165, 1.54) is 0 Å². The highest BCUT2D eigenvalue weighted by Crippen LogP contribution is 2.14. The van der Waals surface area contributed by atoms with Gasteiger partial charge in [0.2, 0.25) is 5.91 Å². The van der Waals surface area contributed by atoms with Crippen molar-refractivity contribution in [3.05, 3.63) is 0 Å². The van der Waals surface area contributed by atoms with E-state index in [0.717, 1.165) is 13.0 Å². The van der Waals surface area contributed by atoms with E-state index in [9.17, 15) is 4.79 Å². The van der Waals surface area contributed by atoms with Crippen LogP contribution in [0.15, 0.2) is 0 Å². The highest BCUT2D eigenvalue weighted by atomic mass is 16.2. The molecule has 0 aliphatic heterocycles. The summed E-state index contributed by atoms with van der Waals surface area (Å²) in [6, 6.07) is 0. The van der Waals surface area contributed by atoms with Crippen LogP contribution < -0.4 is 0 Å². The molecule has 0 N–H and O–H groups in total. The Morgan fingerprint density at radius 3 is 2.23 bits per heavy atom. The summed E-state index contributed by atoms with van der Waals surface area (Å²) < 4.78 is 0. The standard InChI is InChI=1S/C11H23NO/c1-6-11(13)12(5)8-7-10(4)9(2)3/h9-10H,6-8H2,1-5H3. The minimum atomic E-state index is 0.246. The quantitative estimate of drug-likeness (QED) is 0.644. The van der Waals surface area contributed by atoms with E-state index in [0.29, 0.717) is 18.3 Å². The Balaban J connectivity index is 3.69. The van der Waals surface area contributed by atoms with Crippen LogP contribution in [0.4, 0.5) is 0 Å². The lowest BCUT2D eigenvalue weighted by molar-refractivity contribution is -0.129. The number of carbonyl (C=O) groups is 1. The summed E-state index contributed by atoms with van der Waals surface area (Å²) in [6.45, 7) is 9.50. The second-order valence-corrected chi connectivity index (χ2v) is 4.18. The van der Waals surface area contributed by atoms with Crippen molar-refractivity contribution in [1.82, 2.24) is 4.90 Å². The van der Waals surface area contributed by atoms with Crippen molar-refractivity contribution in [1.29, 1.82) is 0 Å². The van der Waals surface area contributed by atoms with Gasteiger partial charge in [-0.3, -0.25) is 4.79 Å². The van der Waals surface area contributed by atoms with Crippen molar-refractivity contribution >= 4 is 5.91 Å². The zero-order valence-electron chi connectivity index (χ0n) is 9.63. The van der Waals surface area contributed by atoms with Crippen LogP contribution in [-0.2, 0) is 4.79 Å². The maximum Gasteiger partial charge on any atom is 0.222 e. The maximum absolute atomic E-state index is 11.2. The molecule has 0 spiro atoms. The predicted molar refractivity (Wildman–Crippen MR) is 56.5 cm³/mol. The number of carbonyl (C=O) groups excluding carboxylic acids is 1. The molecule has 0 saturated carbocycles. The Labute approximate surface area is 82.3 Å². The lowest BCUT2D eigenvalue weighted by atomic mass is 9.95. The van der Waals surface area contributed by atoms with Crippen LogP contribution in [0.3, 0.4) is 0 Å². The lowest BCUT2D eigenvalue weighted by Gasteiger charge is -2.21. The maximum atomic E-state index is 11.2. The van der Waals surface area contributed by atoms with Crippen molar-refractivity contribution in [2.75, 3.05) is 13.6 Å². The first-order valence-corrected chi connectivity index (χ1v) is 5.23. The van der Waals surface area contributed by atoms with Gasteiger partial charge in [-0.05, 0) is 18.3 Å². The fourth-order valence-corrected chi connectivity index (χ4v) is 1.13. The lowest BCUT2D eigenvalue weighted by Crippen LogP contribution is -2.28. The molecule has 0 radical (unpaired) electrons. The first-order chi connectivity index (χ1) is 5.99. The van der Waals surface area contributed by atoms with Crippen LogP contribution in [0.5, 0.6) is 0 Å². The molecule has 0 heterocycles. The van der Waals surface area contributed by atoms with Gasteiger partial charge in [-0.15, -0.1) is 0 Å². The molecule has 0 aliphatic rings. The van der Waals surface area contributed by atoms with E-state index in [1.54, 1.807) is 0 Å². The molecule has 2 nitrogen and oxygen atoms in total. The Bertz CT molecular complexity index is 154. The third-order valence-corrected chi connectivity index (χ3v) is 2.79. The van der Waals surface area contributed by atoms with Crippen molar-refractivity contribution < 1.29 is 4.79 Å². The molecule has 2 heteroatoms. The molecular weight excluding hydrogens is 162 g/mol. The Morgan fingerprint density at radius 2 is 1.85 bits per heavy atom. The average molecular weight is 185 g/mol. The third-order valence-electron chi connectivity index (χ3n) is 2.79. The summed E-state index contributed by atoms with van der Waals surface area (Å²) in [5.41, 5.74) is 0. The highest BCUT2D eigenvalue weighted by molar-refractivity contribution is 5.75. The smallest absolute Gasteiger partial charge is 0.222 e. The Hall–Kier alpha value is -0.530. The Kier molecular flexibility index (Phi) is 5.76. The van der Waals surface area contributed by atoms with Crippen LogP contribution in [0.2, 0.25) is 0 Å². The number of rotatable bonds is 5. The van der Waals surface area contributed by atoms with Gasteiger partial charge >= 0.3 is 0 Å². The zero-order chi connectivity index (χ0) is 10.4. The minimum absolute atomic E-state index is 0.246. The molecule has 0 rings (SSSR count). The van der Waals surface area contributed by atoms with E-state index in [4.69, 9.17) is 0 Å². The van der Waals surface area contributed by atoms with E-state index in [2.05, 4.69) is 20.8 Å². The second kappa shape index (κ2) is 6.01. The van der Waals surface area contributed by atoms with Gasteiger partial charge < -0.3 is 4.90 Å². The fraction of sp³-hybridized carbons (Fsp3) is 0.909. The molecule has 0 aromatic carbocycles. The summed E-state index contributed by atoms with van der Waals surface area (Å²) in [4.78, 5) is 13.1. The van der Waals surface area contributed by atoms with Gasteiger partial charge in [0.1, 0.15) is 0 Å². The van der Waals surface area contributed by atoms with E-state index in [-0.39, 0.29) is 5.91 Å². The van der Waals surface area contributed by atoms with Crippen LogP contribution in [0.25, 0.3) is 0 Å². The normalized spacial score (nSPS) is 13.1. The van der Waals surface area contributed by atoms with E-state index in [1.807, 2.05) is 18.9 Å². The van der Waals surface area contributed by atoms with Crippen molar-refractivity contribution in [3.8, 4) is 0 Å². The summed E-state index contributed by atoms with van der Waals surface area (Å²) in [6.07, 6.45) is 1.73. The number of nitrogens with zero attached hydrogens (tertiary/aromatic N) is 1. The van der Waals surface area contributed by atoms with Gasteiger partial charge in [0.05, 0.1) is 0 Å². The fourth-order valence-electron chi connectivity index (χ4n) is 1.13. The summed E-state index contributed by atoms with van der Waals surface area (Å²) in [5.74, 6) is 1.66. The third kappa shape index (κ3) is 4.91. The number of amides is 1. The second-order valence-electron chi connectivity index (χ2n) is 4.18. The average Bonchev–Trinajstić information content (AvgIpc) is 2.11. The van der Waals surface area contributed by atoms with Crippen LogP contribution in [0.1, 0.15) is 40.5 Å². The zero-order valence-corrected chi connectivity index (χ0v) is 9.63. The van der Waals surface area contributed by atoms with Gasteiger partial charge in [0.25, 0.3) is 0 Å². The molecule has 1 amide bonds. The molecule has 0 aliphatic carbocycles. The van der Waals surface area contributed by atoms with E-state index >= 15 is 0 Å². The predicted octanol–water partition coefficient (Wildman–Crippen LogP) is 2.54. The molecule has 0 bridgehead atoms. The van der Waals surface area contributed by atoms with Gasteiger partial charge in [-0.1, -0.05) is 27.7 Å². The monoisotopic (exact) mass is 185 g/mol. The minimum Gasteiger partial charge on any atom is -0.346 e. The highest BCUT2D eigenvalue weighted by Gasteiger charge is 2.10. The molecule has 1 atom stereocenters. The summed E-state index contributed by atoms with van der Waals surface area (Å²) in [5, 5.41) is 0. The van der Waals surface area contributed by atoms with Gasteiger partial charge in [-0.25, -0.2) is 0 Å². The van der Waals surface area contributed by atoms with Crippen LogP contribution in [0, 0.1) is 11.8 Å². The number of hydrogen-bond donors (Lipinski definition) is 0. The summed E-state index contributed by atoms with van der Waals surface area (Å²) >= 11 is 0. The van der Waals surface area contributed by atoms with Gasteiger partial charge in [0.15, 0.2) is 0 Å². The molecule has 0 aromatic heterocycles. The molecule has 0 fully saturated rings. The molecule has 78 valence electrons. The van der Waals surface area contributed by atoms with Crippen LogP contribution >= 0.6 is 0 Å². The Morgan fingerprint density at radius 1 is 1.31 bits per heavy atom. The largest absolute Gasteiger partial charge is 0.346 e. The topological polar surface area (TPSA) is 20.3 Å². The van der Waals surface area contributed by atoms with Crippen LogP contribution in [-0.4, -0.2) is 24.4 Å². The van der Waals surface area contributed by atoms with Crippen molar-refractivity contribution in [3.63, 3.8) is 0 Å². The molecule has 1 unspecified atom stereocenters.